The van der Waals surface area contributed by atoms with Crippen LogP contribution in [0.1, 0.15) is 11.4 Å². The molecule has 0 radical (unpaired) electrons. The number of rotatable bonds is 4. The Morgan fingerprint density at radius 1 is 1.09 bits per heavy atom. The summed E-state index contributed by atoms with van der Waals surface area (Å²) in [5.41, 5.74) is 0.763. The van der Waals surface area contributed by atoms with Crippen molar-refractivity contribution in [3.8, 4) is 11.5 Å². The first kappa shape index (κ1) is 14.2. The topological polar surface area (TPSA) is 67.7 Å². The van der Waals surface area contributed by atoms with Crippen molar-refractivity contribution in [3.63, 3.8) is 0 Å². The second kappa shape index (κ2) is 6.37. The molecule has 7 heteroatoms. The lowest BCUT2D eigenvalue weighted by molar-refractivity contribution is 0.584. The Morgan fingerprint density at radius 2 is 2.00 bits per heavy atom. The van der Waals surface area contributed by atoms with Crippen LogP contribution in [-0.4, -0.2) is 38.0 Å². The molecule has 0 spiro atoms. The number of thiazole rings is 1. The van der Waals surface area contributed by atoms with Crippen molar-refractivity contribution in [2.45, 2.75) is 12.8 Å². The van der Waals surface area contributed by atoms with Crippen LogP contribution in [0.25, 0.3) is 11.5 Å². The van der Waals surface area contributed by atoms with Crippen molar-refractivity contribution < 1.29 is 0 Å². The van der Waals surface area contributed by atoms with E-state index >= 15 is 0 Å². The summed E-state index contributed by atoms with van der Waals surface area (Å²) < 4.78 is 0. The van der Waals surface area contributed by atoms with Crippen LogP contribution in [0.3, 0.4) is 0 Å². The molecule has 0 aromatic carbocycles. The molecule has 23 heavy (non-hydrogen) atoms. The van der Waals surface area contributed by atoms with E-state index in [4.69, 9.17) is 0 Å². The Kier molecular flexibility index (Phi) is 3.94. The highest BCUT2D eigenvalue weighted by atomic mass is 32.1. The van der Waals surface area contributed by atoms with Crippen LogP contribution in [0, 0.1) is 5.92 Å². The summed E-state index contributed by atoms with van der Waals surface area (Å²) in [6, 6.07) is 3.77. The lowest BCUT2D eigenvalue weighted by Gasteiger charge is -2.17. The van der Waals surface area contributed by atoms with E-state index in [-0.39, 0.29) is 0 Å². The highest BCUT2D eigenvalue weighted by Gasteiger charge is 2.24. The van der Waals surface area contributed by atoms with E-state index in [1.165, 1.54) is 11.4 Å². The van der Waals surface area contributed by atoms with Gasteiger partial charge in [-0.05, 0) is 18.4 Å². The second-order valence-corrected chi connectivity index (χ2v) is 6.54. The fourth-order valence-corrected chi connectivity index (χ4v) is 3.61. The normalized spacial score (nSPS) is 17.6. The summed E-state index contributed by atoms with van der Waals surface area (Å²) in [5, 5.41) is 3.26. The number of hydrogen-bond acceptors (Lipinski definition) is 7. The summed E-state index contributed by atoms with van der Waals surface area (Å²) in [6.45, 7) is 2.02. The first-order valence-corrected chi connectivity index (χ1v) is 8.49. The molecule has 1 fully saturated rings. The van der Waals surface area contributed by atoms with Gasteiger partial charge in [0.1, 0.15) is 17.8 Å². The van der Waals surface area contributed by atoms with Crippen LogP contribution in [0.15, 0.2) is 42.4 Å². The Hall–Kier alpha value is -2.41. The Morgan fingerprint density at radius 3 is 2.83 bits per heavy atom. The first-order valence-electron chi connectivity index (χ1n) is 7.61. The first-order chi connectivity index (χ1) is 11.4. The van der Waals surface area contributed by atoms with Gasteiger partial charge in [0.25, 0.3) is 0 Å². The van der Waals surface area contributed by atoms with E-state index in [2.05, 4.69) is 29.8 Å². The molecular weight excluding hydrogens is 308 g/mol. The van der Waals surface area contributed by atoms with E-state index < -0.39 is 0 Å². The summed E-state index contributed by atoms with van der Waals surface area (Å²) in [4.78, 5) is 23.9. The van der Waals surface area contributed by atoms with Gasteiger partial charge in [0.2, 0.25) is 0 Å². The molecular formula is C16H16N6S. The minimum Gasteiger partial charge on any atom is -0.356 e. The standard InChI is InChI=1S/C16H16N6S/c1-3-18-16(19-4-1)13-9-14(21-11-20-13)22-6-2-12(10-22)8-15-17-5-7-23-15/h1,3-5,7,9,11-12H,2,6,8,10H2. The van der Waals surface area contributed by atoms with E-state index in [9.17, 15) is 0 Å². The van der Waals surface area contributed by atoms with Crippen LogP contribution in [0.5, 0.6) is 0 Å². The summed E-state index contributed by atoms with van der Waals surface area (Å²) in [6.07, 6.45) is 9.14. The smallest absolute Gasteiger partial charge is 0.178 e. The van der Waals surface area contributed by atoms with E-state index in [1.807, 2.05) is 17.6 Å². The molecule has 0 N–H and O–H groups in total. The van der Waals surface area contributed by atoms with Crippen molar-refractivity contribution in [2.24, 2.45) is 5.92 Å². The van der Waals surface area contributed by atoms with Crippen LogP contribution >= 0.6 is 11.3 Å². The molecule has 1 unspecified atom stereocenters. The molecule has 4 rings (SSSR count). The van der Waals surface area contributed by atoms with Gasteiger partial charge < -0.3 is 4.90 Å². The maximum Gasteiger partial charge on any atom is 0.178 e. The molecule has 1 atom stereocenters. The molecule has 4 heterocycles. The Balaban J connectivity index is 1.49. The monoisotopic (exact) mass is 324 g/mol. The van der Waals surface area contributed by atoms with Crippen molar-refractivity contribution >= 4 is 17.2 Å². The maximum absolute atomic E-state index is 4.42. The van der Waals surface area contributed by atoms with Crippen LogP contribution < -0.4 is 4.90 Å². The molecule has 3 aromatic heterocycles. The van der Waals surface area contributed by atoms with Crippen molar-refractivity contribution in [1.29, 1.82) is 0 Å². The van der Waals surface area contributed by atoms with E-state index in [1.54, 1.807) is 36.1 Å². The van der Waals surface area contributed by atoms with Gasteiger partial charge in [-0.25, -0.2) is 24.9 Å². The van der Waals surface area contributed by atoms with Crippen LogP contribution in [0.2, 0.25) is 0 Å². The molecule has 1 saturated heterocycles. The third kappa shape index (κ3) is 3.19. The van der Waals surface area contributed by atoms with Gasteiger partial charge in [0, 0.05) is 49.5 Å². The number of hydrogen-bond donors (Lipinski definition) is 0. The zero-order chi connectivity index (χ0) is 15.5. The lowest BCUT2D eigenvalue weighted by Crippen LogP contribution is -2.21. The third-order valence-electron chi connectivity index (χ3n) is 4.00. The quantitative estimate of drug-likeness (QED) is 0.734. The summed E-state index contributed by atoms with van der Waals surface area (Å²) in [7, 11) is 0. The largest absolute Gasteiger partial charge is 0.356 e. The average molecular weight is 324 g/mol. The number of nitrogens with zero attached hydrogens (tertiary/aromatic N) is 6. The number of anilines is 1. The molecule has 1 aliphatic heterocycles. The van der Waals surface area contributed by atoms with Gasteiger partial charge in [-0.15, -0.1) is 11.3 Å². The SMILES string of the molecule is c1cnc(-c2cc(N3CCC(Cc4nccs4)C3)ncn2)nc1. The molecule has 1 aliphatic rings. The molecule has 116 valence electrons. The minimum atomic E-state index is 0.632. The van der Waals surface area contributed by atoms with Crippen molar-refractivity contribution in [3.05, 3.63) is 47.4 Å². The Bertz CT molecular complexity index is 761. The minimum absolute atomic E-state index is 0.632. The van der Waals surface area contributed by atoms with E-state index in [0.717, 1.165) is 31.0 Å². The van der Waals surface area contributed by atoms with Crippen LogP contribution in [0.4, 0.5) is 5.82 Å². The highest BCUT2D eigenvalue weighted by Crippen LogP contribution is 2.26. The second-order valence-electron chi connectivity index (χ2n) is 5.56. The summed E-state index contributed by atoms with van der Waals surface area (Å²) >= 11 is 1.73. The van der Waals surface area contributed by atoms with Crippen LogP contribution in [-0.2, 0) is 6.42 Å². The fraction of sp³-hybridized carbons (Fsp3) is 0.312. The molecule has 3 aromatic rings. The molecule has 0 saturated carbocycles. The van der Waals surface area contributed by atoms with Gasteiger partial charge in [0.05, 0.1) is 5.01 Å². The predicted octanol–water partition coefficient (Wildman–Crippen LogP) is 2.46. The number of aromatic nitrogens is 5. The third-order valence-corrected chi connectivity index (χ3v) is 4.81. The average Bonchev–Trinajstić information content (AvgIpc) is 3.28. The van der Waals surface area contributed by atoms with Gasteiger partial charge >= 0.3 is 0 Å². The fourth-order valence-electron chi connectivity index (χ4n) is 2.88. The maximum atomic E-state index is 4.42. The molecule has 0 bridgehead atoms. The van der Waals surface area contributed by atoms with Gasteiger partial charge in [-0.3, -0.25) is 0 Å². The molecule has 0 aliphatic carbocycles. The zero-order valence-corrected chi connectivity index (χ0v) is 13.4. The zero-order valence-electron chi connectivity index (χ0n) is 12.5. The van der Waals surface area contributed by atoms with E-state index in [0.29, 0.717) is 11.7 Å². The highest BCUT2D eigenvalue weighted by molar-refractivity contribution is 7.09. The van der Waals surface area contributed by atoms with Gasteiger partial charge in [-0.2, -0.15) is 0 Å². The lowest BCUT2D eigenvalue weighted by atomic mass is 10.1. The van der Waals surface area contributed by atoms with Gasteiger partial charge in [-0.1, -0.05) is 0 Å². The Labute approximate surface area is 138 Å². The van der Waals surface area contributed by atoms with Gasteiger partial charge in [0.15, 0.2) is 5.82 Å². The molecule has 0 amide bonds. The van der Waals surface area contributed by atoms with Crippen molar-refractivity contribution in [2.75, 3.05) is 18.0 Å². The van der Waals surface area contributed by atoms with Crippen molar-refractivity contribution in [1.82, 2.24) is 24.9 Å². The molecule has 6 nitrogen and oxygen atoms in total. The summed E-state index contributed by atoms with van der Waals surface area (Å²) in [5.74, 6) is 2.21. The predicted molar refractivity (Wildman–Crippen MR) is 89.2 cm³/mol.